The third-order valence-corrected chi connectivity index (χ3v) is 6.06. The molecule has 0 N–H and O–H groups in total. The summed E-state index contributed by atoms with van der Waals surface area (Å²) in [5.74, 6) is 0.680. The molecule has 7 rings (SSSR count). The summed E-state index contributed by atoms with van der Waals surface area (Å²) >= 11 is 0. The SMILES string of the molecule is [Pt+2].[c-]1c(-c2ccc3ccc4ccc5cccnc5c4c3n2)cccc1-c1nc2ccccc2[n-]1. The van der Waals surface area contributed by atoms with Crippen molar-refractivity contribution in [3.8, 4) is 22.6 Å². The van der Waals surface area contributed by atoms with Crippen molar-refractivity contribution < 1.29 is 21.1 Å². The van der Waals surface area contributed by atoms with Crippen molar-refractivity contribution in [3.05, 3.63) is 103 Å². The maximum absolute atomic E-state index is 5.09. The molecule has 0 saturated heterocycles. The molecule has 4 nitrogen and oxygen atoms in total. The third-order valence-electron chi connectivity index (χ3n) is 6.06. The number of aromatic nitrogens is 4. The van der Waals surface area contributed by atoms with Crippen molar-refractivity contribution >= 4 is 43.6 Å². The Kier molecular flexibility index (Phi) is 4.97. The van der Waals surface area contributed by atoms with Crippen LogP contribution in [0.2, 0.25) is 0 Å². The Labute approximate surface area is 210 Å². The maximum atomic E-state index is 5.09. The first-order valence-corrected chi connectivity index (χ1v) is 10.8. The molecule has 0 aliphatic rings. The van der Waals surface area contributed by atoms with Gasteiger partial charge in [0, 0.05) is 22.7 Å². The second kappa shape index (κ2) is 8.16. The van der Waals surface area contributed by atoms with Gasteiger partial charge in [0.1, 0.15) is 0 Å². The molecule has 34 heavy (non-hydrogen) atoms. The Bertz CT molecular complexity index is 1800. The van der Waals surface area contributed by atoms with Gasteiger partial charge in [-0.1, -0.05) is 72.3 Å². The summed E-state index contributed by atoms with van der Waals surface area (Å²) in [6.45, 7) is 0. The molecule has 0 radical (unpaired) electrons. The topological polar surface area (TPSA) is 52.8 Å². The van der Waals surface area contributed by atoms with Gasteiger partial charge < -0.3 is 9.97 Å². The van der Waals surface area contributed by atoms with E-state index in [-0.39, 0.29) is 21.1 Å². The van der Waals surface area contributed by atoms with Gasteiger partial charge in [0.25, 0.3) is 0 Å². The summed E-state index contributed by atoms with van der Waals surface area (Å²) in [5.41, 5.74) is 6.33. The van der Waals surface area contributed by atoms with Gasteiger partial charge in [0.2, 0.25) is 0 Å². The molecule has 5 heteroatoms. The van der Waals surface area contributed by atoms with Crippen molar-refractivity contribution in [2.24, 2.45) is 0 Å². The first-order valence-electron chi connectivity index (χ1n) is 10.8. The minimum Gasteiger partial charge on any atom is -0.473 e. The fraction of sp³-hybridized carbons (Fsp3) is 0. The summed E-state index contributed by atoms with van der Waals surface area (Å²) in [6.07, 6.45) is 1.84. The first kappa shape index (κ1) is 20.7. The molecule has 0 atom stereocenters. The fourth-order valence-electron chi connectivity index (χ4n) is 4.46. The molecular formula is C29H16N4Pt. The average molecular weight is 616 g/mol. The number of hydrogen-bond donors (Lipinski definition) is 0. The molecule has 7 aromatic rings. The largest absolute Gasteiger partial charge is 2.00 e. The standard InChI is InChI=1S/C29H16N4.Pt/c1-2-9-25-24(8-1)32-29(33-25)22-6-3-5-21(17-22)23-15-14-20-13-11-18-10-12-19-7-4-16-30-27(19)26(18)28(20)31-23;/h1-16H;/q-2;+2. The van der Waals surface area contributed by atoms with Crippen molar-refractivity contribution in [2.45, 2.75) is 0 Å². The van der Waals surface area contributed by atoms with Gasteiger partial charge in [-0.3, -0.25) is 9.97 Å². The summed E-state index contributed by atoms with van der Waals surface area (Å²) in [4.78, 5) is 19.1. The van der Waals surface area contributed by atoms with Crippen LogP contribution in [0.25, 0.3) is 66.3 Å². The van der Waals surface area contributed by atoms with Crippen LogP contribution in [0.1, 0.15) is 0 Å². The van der Waals surface area contributed by atoms with Gasteiger partial charge in [0.15, 0.2) is 0 Å². The van der Waals surface area contributed by atoms with E-state index in [0.29, 0.717) is 5.82 Å². The molecule has 0 saturated carbocycles. The number of benzene rings is 4. The van der Waals surface area contributed by atoms with E-state index in [2.05, 4.69) is 57.4 Å². The van der Waals surface area contributed by atoms with E-state index >= 15 is 0 Å². The van der Waals surface area contributed by atoms with Crippen molar-refractivity contribution in [2.75, 3.05) is 0 Å². The summed E-state index contributed by atoms with van der Waals surface area (Å²) in [7, 11) is 0. The van der Waals surface area contributed by atoms with Gasteiger partial charge >= 0.3 is 21.1 Å². The first-order chi connectivity index (χ1) is 16.3. The van der Waals surface area contributed by atoms with Gasteiger partial charge in [0.05, 0.1) is 11.0 Å². The number of nitrogens with zero attached hydrogens (tertiary/aromatic N) is 4. The Morgan fingerprint density at radius 2 is 1.38 bits per heavy atom. The third kappa shape index (κ3) is 3.30. The molecule has 162 valence electrons. The van der Waals surface area contributed by atoms with Crippen molar-refractivity contribution in [1.82, 2.24) is 19.9 Å². The van der Waals surface area contributed by atoms with Crippen LogP contribution in [0, 0.1) is 6.07 Å². The number of para-hydroxylation sites is 2. The van der Waals surface area contributed by atoms with E-state index in [0.717, 1.165) is 60.4 Å². The molecule has 0 fully saturated rings. The van der Waals surface area contributed by atoms with Gasteiger partial charge in [-0.25, -0.2) is 0 Å². The second-order valence-corrected chi connectivity index (χ2v) is 8.09. The Morgan fingerprint density at radius 3 is 2.26 bits per heavy atom. The molecule has 3 aromatic heterocycles. The van der Waals surface area contributed by atoms with E-state index in [1.165, 1.54) is 0 Å². The van der Waals surface area contributed by atoms with E-state index in [4.69, 9.17) is 4.98 Å². The zero-order valence-corrected chi connectivity index (χ0v) is 20.1. The number of fused-ring (bicyclic) bond motifs is 6. The van der Waals surface area contributed by atoms with E-state index < -0.39 is 0 Å². The van der Waals surface area contributed by atoms with Crippen LogP contribution in [0.5, 0.6) is 0 Å². The summed E-state index contributed by atoms with van der Waals surface area (Å²) in [5, 5.41) is 4.41. The van der Waals surface area contributed by atoms with Crippen molar-refractivity contribution in [3.63, 3.8) is 0 Å². The minimum atomic E-state index is 0. The zero-order valence-electron chi connectivity index (χ0n) is 17.8. The molecule has 0 bridgehead atoms. The van der Waals surface area contributed by atoms with E-state index in [9.17, 15) is 0 Å². The fourth-order valence-corrected chi connectivity index (χ4v) is 4.46. The zero-order chi connectivity index (χ0) is 21.8. The molecule has 0 amide bonds. The molecule has 0 spiro atoms. The van der Waals surface area contributed by atoms with Crippen LogP contribution in [0.3, 0.4) is 0 Å². The van der Waals surface area contributed by atoms with Crippen LogP contribution < -0.4 is 4.98 Å². The number of rotatable bonds is 2. The number of hydrogen-bond acceptors (Lipinski definition) is 3. The molecule has 3 heterocycles. The summed E-state index contributed by atoms with van der Waals surface area (Å²) < 4.78 is 0. The number of pyridine rings is 2. The molecule has 0 unspecified atom stereocenters. The van der Waals surface area contributed by atoms with E-state index in [1.54, 1.807) is 0 Å². The Balaban J connectivity index is 0.00000217. The summed E-state index contributed by atoms with van der Waals surface area (Å²) in [6, 6.07) is 34.1. The van der Waals surface area contributed by atoms with Gasteiger partial charge in [-0.15, -0.1) is 35.7 Å². The molecule has 4 aromatic carbocycles. The number of imidazole rings is 1. The average Bonchev–Trinajstić information content (AvgIpc) is 3.32. The van der Waals surface area contributed by atoms with Crippen LogP contribution in [-0.4, -0.2) is 15.0 Å². The smallest absolute Gasteiger partial charge is 0.473 e. The normalized spacial score (nSPS) is 11.3. The molecule has 0 aliphatic heterocycles. The second-order valence-electron chi connectivity index (χ2n) is 8.09. The van der Waals surface area contributed by atoms with Crippen molar-refractivity contribution in [1.29, 1.82) is 0 Å². The van der Waals surface area contributed by atoms with E-state index in [1.807, 2.05) is 60.8 Å². The quantitative estimate of drug-likeness (QED) is 0.163. The van der Waals surface area contributed by atoms with Gasteiger partial charge in [-0.05, 0) is 27.9 Å². The van der Waals surface area contributed by atoms with Crippen LogP contribution in [0.4, 0.5) is 0 Å². The predicted molar refractivity (Wildman–Crippen MR) is 133 cm³/mol. The molecular weight excluding hydrogens is 599 g/mol. The van der Waals surface area contributed by atoms with Gasteiger partial charge in [-0.2, -0.15) is 0 Å². The Morgan fingerprint density at radius 1 is 0.618 bits per heavy atom. The van der Waals surface area contributed by atoms with Crippen LogP contribution in [0.15, 0.2) is 97.2 Å². The predicted octanol–water partition coefficient (Wildman–Crippen LogP) is 6.57. The van der Waals surface area contributed by atoms with Crippen LogP contribution in [-0.2, 0) is 21.1 Å². The monoisotopic (exact) mass is 615 g/mol. The minimum absolute atomic E-state index is 0. The maximum Gasteiger partial charge on any atom is 2.00 e. The Hall–Kier alpha value is -3.88. The van der Waals surface area contributed by atoms with Crippen LogP contribution >= 0.6 is 0 Å². The molecule has 0 aliphatic carbocycles.